The molecule has 1 aliphatic heterocycles. The minimum Gasteiger partial charge on any atom is -0.481 e. The zero-order valence-corrected chi connectivity index (χ0v) is 15.3. The van der Waals surface area contributed by atoms with Crippen LogP contribution in [0.3, 0.4) is 0 Å². The first-order chi connectivity index (χ1) is 12.4. The van der Waals surface area contributed by atoms with Gasteiger partial charge in [0, 0.05) is 43.9 Å². The van der Waals surface area contributed by atoms with Crippen LogP contribution in [0.5, 0.6) is 0 Å². The van der Waals surface area contributed by atoms with E-state index in [1.165, 1.54) is 4.90 Å². The third kappa shape index (κ3) is 5.29. The summed E-state index contributed by atoms with van der Waals surface area (Å²) in [5.74, 6) is -0.571. The summed E-state index contributed by atoms with van der Waals surface area (Å²) >= 11 is 0. The second-order valence-electron chi connectivity index (χ2n) is 6.17. The van der Waals surface area contributed by atoms with Crippen LogP contribution < -0.4 is 10.5 Å². The largest absolute Gasteiger partial charge is 0.481 e. The lowest BCUT2D eigenvalue weighted by Gasteiger charge is -2.27. The Balaban J connectivity index is 2.01. The fraction of sp³-hybridized carbons (Fsp3) is 0.647. The molecule has 0 spiro atoms. The molecule has 0 aromatic carbocycles. The number of hydrogen-bond donors (Lipinski definition) is 2. The maximum absolute atomic E-state index is 12.4. The number of nitrogens with zero attached hydrogens (tertiary/aromatic N) is 3. The van der Waals surface area contributed by atoms with E-state index in [9.17, 15) is 14.4 Å². The summed E-state index contributed by atoms with van der Waals surface area (Å²) in [7, 11) is 0. The molecule has 1 aliphatic rings. The first kappa shape index (κ1) is 19.9. The van der Waals surface area contributed by atoms with Crippen LogP contribution in [0.25, 0.3) is 0 Å². The van der Waals surface area contributed by atoms with E-state index in [0.29, 0.717) is 50.1 Å². The number of aromatic nitrogens is 2. The van der Waals surface area contributed by atoms with E-state index in [0.717, 1.165) is 0 Å². The molecule has 2 N–H and O–H groups in total. The molecular formula is C17H26N4O5. The predicted molar refractivity (Wildman–Crippen MR) is 95.5 cm³/mol. The SMILES string of the molecule is CCN(CCC(=O)O)C(=O)CCc1c(C)nc(N2CCOCC2)[nH]c1=O. The van der Waals surface area contributed by atoms with Gasteiger partial charge in [0.15, 0.2) is 0 Å². The lowest BCUT2D eigenvalue weighted by Crippen LogP contribution is -2.39. The van der Waals surface area contributed by atoms with Crippen molar-refractivity contribution in [3.63, 3.8) is 0 Å². The molecule has 0 bridgehead atoms. The summed E-state index contributed by atoms with van der Waals surface area (Å²) in [4.78, 5) is 46.1. The monoisotopic (exact) mass is 366 g/mol. The number of carboxylic acid groups (broad SMARTS) is 1. The number of anilines is 1. The number of ether oxygens (including phenoxy) is 1. The van der Waals surface area contributed by atoms with Gasteiger partial charge in [-0.25, -0.2) is 4.98 Å². The first-order valence-electron chi connectivity index (χ1n) is 8.84. The third-order valence-corrected chi connectivity index (χ3v) is 4.44. The van der Waals surface area contributed by atoms with Gasteiger partial charge in [0.25, 0.3) is 5.56 Å². The maximum atomic E-state index is 12.4. The highest BCUT2D eigenvalue weighted by Crippen LogP contribution is 2.12. The second-order valence-corrected chi connectivity index (χ2v) is 6.17. The quantitative estimate of drug-likeness (QED) is 0.674. The van der Waals surface area contributed by atoms with Crippen LogP contribution in [0.15, 0.2) is 4.79 Å². The van der Waals surface area contributed by atoms with Crippen molar-refractivity contribution in [2.24, 2.45) is 0 Å². The van der Waals surface area contributed by atoms with Crippen molar-refractivity contribution in [3.05, 3.63) is 21.6 Å². The highest BCUT2D eigenvalue weighted by atomic mass is 16.5. The van der Waals surface area contributed by atoms with E-state index >= 15 is 0 Å². The first-order valence-corrected chi connectivity index (χ1v) is 8.84. The van der Waals surface area contributed by atoms with Gasteiger partial charge in [-0.15, -0.1) is 0 Å². The third-order valence-electron chi connectivity index (χ3n) is 4.44. The molecular weight excluding hydrogens is 340 g/mol. The van der Waals surface area contributed by atoms with Crippen LogP contribution in [-0.4, -0.2) is 71.2 Å². The Hall–Kier alpha value is -2.42. The normalized spacial score (nSPS) is 14.3. The Morgan fingerprint density at radius 1 is 1.31 bits per heavy atom. The van der Waals surface area contributed by atoms with Crippen LogP contribution in [-0.2, 0) is 20.7 Å². The number of carboxylic acids is 1. The summed E-state index contributed by atoms with van der Waals surface area (Å²) < 4.78 is 5.30. The predicted octanol–water partition coefficient (Wildman–Crippen LogP) is 0.171. The number of carbonyl (C=O) groups excluding carboxylic acids is 1. The molecule has 1 saturated heterocycles. The molecule has 2 heterocycles. The summed E-state index contributed by atoms with van der Waals surface area (Å²) in [6, 6.07) is 0. The van der Waals surface area contributed by atoms with Crippen molar-refractivity contribution >= 4 is 17.8 Å². The van der Waals surface area contributed by atoms with E-state index < -0.39 is 5.97 Å². The lowest BCUT2D eigenvalue weighted by atomic mass is 10.1. The Labute approximate surface area is 152 Å². The van der Waals surface area contributed by atoms with Crippen molar-refractivity contribution < 1.29 is 19.4 Å². The van der Waals surface area contributed by atoms with Gasteiger partial charge < -0.3 is 19.6 Å². The van der Waals surface area contributed by atoms with Gasteiger partial charge in [0.2, 0.25) is 11.9 Å². The van der Waals surface area contributed by atoms with E-state index in [-0.39, 0.29) is 37.3 Å². The second kappa shape index (κ2) is 9.33. The standard InChI is InChI=1S/C17H26N4O5/c1-3-20(7-6-15(23)24)14(22)5-4-13-12(2)18-17(19-16(13)25)21-8-10-26-11-9-21/h3-11H2,1-2H3,(H,23,24)(H,18,19,25). The van der Waals surface area contributed by atoms with E-state index in [2.05, 4.69) is 9.97 Å². The van der Waals surface area contributed by atoms with Crippen molar-refractivity contribution in [2.45, 2.75) is 33.1 Å². The number of aromatic amines is 1. The highest BCUT2D eigenvalue weighted by Gasteiger charge is 2.18. The molecule has 0 radical (unpaired) electrons. The van der Waals surface area contributed by atoms with Crippen LogP contribution in [0, 0.1) is 6.92 Å². The molecule has 1 aromatic rings. The number of rotatable bonds is 8. The van der Waals surface area contributed by atoms with Crippen LogP contribution in [0.2, 0.25) is 0 Å². The number of carbonyl (C=O) groups is 2. The molecule has 0 aliphatic carbocycles. The van der Waals surface area contributed by atoms with Crippen molar-refractivity contribution in [1.82, 2.24) is 14.9 Å². The molecule has 144 valence electrons. The van der Waals surface area contributed by atoms with Gasteiger partial charge in [-0.1, -0.05) is 0 Å². The Morgan fingerprint density at radius 2 is 2.00 bits per heavy atom. The Kier molecular flexibility index (Phi) is 7.14. The average molecular weight is 366 g/mol. The number of aliphatic carboxylic acids is 1. The molecule has 1 fully saturated rings. The molecule has 0 unspecified atom stereocenters. The van der Waals surface area contributed by atoms with Crippen LogP contribution in [0.1, 0.15) is 31.0 Å². The Bertz CT molecular complexity index is 697. The van der Waals surface area contributed by atoms with Crippen molar-refractivity contribution in [1.29, 1.82) is 0 Å². The fourth-order valence-electron chi connectivity index (χ4n) is 2.89. The van der Waals surface area contributed by atoms with Gasteiger partial charge >= 0.3 is 5.97 Å². The van der Waals surface area contributed by atoms with E-state index in [1.54, 1.807) is 13.8 Å². The van der Waals surface area contributed by atoms with Crippen molar-refractivity contribution in [2.75, 3.05) is 44.3 Å². The van der Waals surface area contributed by atoms with Gasteiger partial charge in [0.05, 0.1) is 19.6 Å². The summed E-state index contributed by atoms with van der Waals surface area (Å²) in [6.07, 6.45) is 0.338. The maximum Gasteiger partial charge on any atom is 0.305 e. The number of aryl methyl sites for hydroxylation is 1. The number of H-pyrrole nitrogens is 1. The number of hydrogen-bond acceptors (Lipinski definition) is 6. The van der Waals surface area contributed by atoms with Gasteiger partial charge in [-0.05, 0) is 20.3 Å². The smallest absolute Gasteiger partial charge is 0.305 e. The minimum absolute atomic E-state index is 0.0883. The van der Waals surface area contributed by atoms with Crippen LogP contribution >= 0.6 is 0 Å². The van der Waals surface area contributed by atoms with Gasteiger partial charge in [0.1, 0.15) is 0 Å². The van der Waals surface area contributed by atoms with E-state index in [1.807, 2.05) is 4.90 Å². The zero-order valence-electron chi connectivity index (χ0n) is 15.3. The zero-order chi connectivity index (χ0) is 19.1. The minimum atomic E-state index is -0.938. The number of nitrogens with one attached hydrogen (secondary N) is 1. The summed E-state index contributed by atoms with van der Waals surface area (Å²) in [6.45, 7) is 6.73. The summed E-state index contributed by atoms with van der Waals surface area (Å²) in [5, 5.41) is 8.75. The average Bonchev–Trinajstić information content (AvgIpc) is 2.61. The topological polar surface area (TPSA) is 116 Å². The molecule has 9 heteroatoms. The lowest BCUT2D eigenvalue weighted by molar-refractivity contribution is -0.138. The molecule has 2 rings (SSSR count). The molecule has 0 atom stereocenters. The summed E-state index contributed by atoms with van der Waals surface area (Å²) in [5.41, 5.74) is 0.863. The van der Waals surface area contributed by atoms with Gasteiger partial charge in [-0.3, -0.25) is 19.4 Å². The molecule has 1 aromatic heterocycles. The Morgan fingerprint density at radius 3 is 2.58 bits per heavy atom. The number of amides is 1. The van der Waals surface area contributed by atoms with E-state index in [4.69, 9.17) is 9.84 Å². The van der Waals surface area contributed by atoms with Crippen molar-refractivity contribution in [3.8, 4) is 0 Å². The molecule has 26 heavy (non-hydrogen) atoms. The molecule has 9 nitrogen and oxygen atoms in total. The van der Waals surface area contributed by atoms with Gasteiger partial charge in [-0.2, -0.15) is 0 Å². The van der Waals surface area contributed by atoms with Crippen LogP contribution in [0.4, 0.5) is 5.95 Å². The molecule has 1 amide bonds. The highest BCUT2D eigenvalue weighted by molar-refractivity contribution is 5.77. The molecule has 0 saturated carbocycles. The fourth-order valence-corrected chi connectivity index (χ4v) is 2.89. The number of morpholine rings is 1.